The van der Waals surface area contributed by atoms with Gasteiger partial charge in [0, 0.05) is 30.3 Å². The number of carbonyl (C=O) groups is 1. The molecule has 0 bridgehead atoms. The number of nitrogens with zero attached hydrogens (tertiary/aromatic N) is 2. The van der Waals surface area contributed by atoms with Gasteiger partial charge in [-0.3, -0.25) is 0 Å². The monoisotopic (exact) mass is 391 g/mol. The number of ether oxygens (including phenoxy) is 1. The molecule has 1 heterocycles. The van der Waals surface area contributed by atoms with Crippen LogP contribution in [-0.2, 0) is 18.3 Å². The van der Waals surface area contributed by atoms with E-state index < -0.39 is 6.09 Å². The van der Waals surface area contributed by atoms with Gasteiger partial charge in [-0.15, -0.1) is 0 Å². The van der Waals surface area contributed by atoms with Crippen LogP contribution < -0.4 is 10.1 Å². The molecule has 0 atom stereocenters. The van der Waals surface area contributed by atoms with Gasteiger partial charge in [0.15, 0.2) is 0 Å². The molecule has 5 nitrogen and oxygen atoms in total. The third kappa shape index (κ3) is 5.47. The van der Waals surface area contributed by atoms with Gasteiger partial charge in [0.05, 0.1) is 5.69 Å². The van der Waals surface area contributed by atoms with Crippen LogP contribution in [0.15, 0.2) is 60.8 Å². The highest BCUT2D eigenvalue weighted by molar-refractivity contribution is 5.70. The molecule has 29 heavy (non-hydrogen) atoms. The quantitative estimate of drug-likeness (QED) is 0.639. The van der Waals surface area contributed by atoms with E-state index in [0.717, 1.165) is 35.6 Å². The maximum atomic E-state index is 11.9. The molecule has 3 aromatic rings. The van der Waals surface area contributed by atoms with Gasteiger partial charge in [0.25, 0.3) is 0 Å². The molecule has 0 radical (unpaired) electrons. The van der Waals surface area contributed by atoms with E-state index in [2.05, 4.69) is 68.0 Å². The van der Waals surface area contributed by atoms with E-state index >= 15 is 0 Å². The Kier molecular flexibility index (Phi) is 6.37. The zero-order chi connectivity index (χ0) is 20.9. The topological polar surface area (TPSA) is 56.2 Å². The number of benzene rings is 2. The van der Waals surface area contributed by atoms with Crippen molar-refractivity contribution in [2.75, 3.05) is 6.54 Å². The van der Waals surface area contributed by atoms with Crippen LogP contribution in [0, 0.1) is 0 Å². The Hall–Kier alpha value is -3.08. The lowest BCUT2D eigenvalue weighted by molar-refractivity contribution is 0.200. The Morgan fingerprint density at radius 1 is 1.07 bits per heavy atom. The normalized spacial score (nSPS) is 11.3. The summed E-state index contributed by atoms with van der Waals surface area (Å²) in [4.78, 5) is 16.7. The second-order valence-electron chi connectivity index (χ2n) is 8.06. The first-order chi connectivity index (χ1) is 13.9. The summed E-state index contributed by atoms with van der Waals surface area (Å²) in [5, 5.41) is 2.79. The number of amides is 1. The van der Waals surface area contributed by atoms with Crippen molar-refractivity contribution < 1.29 is 9.53 Å². The minimum absolute atomic E-state index is 0.0230. The minimum atomic E-state index is -0.437. The summed E-state index contributed by atoms with van der Waals surface area (Å²) < 4.78 is 7.39. The van der Waals surface area contributed by atoms with E-state index in [-0.39, 0.29) is 5.41 Å². The summed E-state index contributed by atoms with van der Waals surface area (Å²) in [5.41, 5.74) is 3.38. The first-order valence-electron chi connectivity index (χ1n) is 10.1. The number of carbonyl (C=O) groups excluding carboxylic acids is 1. The SMILES string of the molecule is CCc1nc(C(C)(C)C)cn1-c1ccc(CCNC(=O)Oc2ccccc2)cc1. The molecule has 0 fully saturated rings. The predicted molar refractivity (Wildman–Crippen MR) is 116 cm³/mol. The molecule has 1 amide bonds. The van der Waals surface area contributed by atoms with Crippen LogP contribution >= 0.6 is 0 Å². The summed E-state index contributed by atoms with van der Waals surface area (Å²) in [5.74, 6) is 1.60. The van der Waals surface area contributed by atoms with Crippen molar-refractivity contribution in [3.63, 3.8) is 0 Å². The third-order valence-electron chi connectivity index (χ3n) is 4.71. The molecule has 0 aliphatic carbocycles. The average molecular weight is 392 g/mol. The zero-order valence-electron chi connectivity index (χ0n) is 17.6. The lowest BCUT2D eigenvalue weighted by atomic mass is 9.93. The van der Waals surface area contributed by atoms with E-state index in [1.165, 1.54) is 0 Å². The standard InChI is InChI=1S/C24H29N3O2/c1-5-22-26-21(24(2,3)4)17-27(22)19-13-11-18(12-14-19)15-16-25-23(28)29-20-9-7-6-8-10-20/h6-14,17H,5,15-16H2,1-4H3,(H,25,28). The van der Waals surface area contributed by atoms with Crippen LogP contribution in [0.1, 0.15) is 44.8 Å². The smallest absolute Gasteiger partial charge is 0.410 e. The van der Waals surface area contributed by atoms with Gasteiger partial charge in [-0.25, -0.2) is 9.78 Å². The minimum Gasteiger partial charge on any atom is -0.410 e. The molecule has 0 spiro atoms. The molecule has 1 aromatic heterocycles. The molecular weight excluding hydrogens is 362 g/mol. The highest BCUT2D eigenvalue weighted by Gasteiger charge is 2.19. The van der Waals surface area contributed by atoms with E-state index in [9.17, 15) is 4.79 Å². The molecular formula is C24H29N3O2. The maximum absolute atomic E-state index is 11.9. The van der Waals surface area contributed by atoms with Gasteiger partial charge in [-0.2, -0.15) is 0 Å². The zero-order valence-corrected chi connectivity index (χ0v) is 17.6. The van der Waals surface area contributed by atoms with Crippen molar-refractivity contribution in [3.05, 3.63) is 77.9 Å². The molecule has 152 valence electrons. The van der Waals surface area contributed by atoms with Gasteiger partial charge in [0.2, 0.25) is 0 Å². The maximum Gasteiger partial charge on any atom is 0.412 e. The van der Waals surface area contributed by atoms with E-state index in [1.54, 1.807) is 12.1 Å². The fraction of sp³-hybridized carbons (Fsp3) is 0.333. The van der Waals surface area contributed by atoms with Crippen molar-refractivity contribution in [1.82, 2.24) is 14.9 Å². The molecule has 0 aliphatic rings. The number of para-hydroxylation sites is 1. The fourth-order valence-corrected chi connectivity index (χ4v) is 3.02. The molecule has 0 aliphatic heterocycles. The Balaban J connectivity index is 1.58. The molecule has 5 heteroatoms. The van der Waals surface area contributed by atoms with Gasteiger partial charge in [-0.05, 0) is 36.2 Å². The van der Waals surface area contributed by atoms with Crippen molar-refractivity contribution >= 4 is 6.09 Å². The van der Waals surface area contributed by atoms with Crippen LogP contribution in [0.3, 0.4) is 0 Å². The highest BCUT2D eigenvalue weighted by Crippen LogP contribution is 2.24. The molecule has 2 aromatic carbocycles. The number of aromatic nitrogens is 2. The van der Waals surface area contributed by atoms with Gasteiger partial charge < -0.3 is 14.6 Å². The Morgan fingerprint density at radius 3 is 2.38 bits per heavy atom. The van der Waals surface area contributed by atoms with E-state index in [0.29, 0.717) is 12.3 Å². The van der Waals surface area contributed by atoms with Crippen LogP contribution in [0.2, 0.25) is 0 Å². The summed E-state index contributed by atoms with van der Waals surface area (Å²) in [7, 11) is 0. The lowest BCUT2D eigenvalue weighted by Gasteiger charge is -2.14. The summed E-state index contributed by atoms with van der Waals surface area (Å²) in [6.45, 7) is 9.18. The number of nitrogens with one attached hydrogen (secondary N) is 1. The second-order valence-corrected chi connectivity index (χ2v) is 8.06. The number of hydrogen-bond acceptors (Lipinski definition) is 3. The van der Waals surface area contributed by atoms with Gasteiger partial charge >= 0.3 is 6.09 Å². The first kappa shape index (κ1) is 20.6. The fourth-order valence-electron chi connectivity index (χ4n) is 3.02. The van der Waals surface area contributed by atoms with Crippen LogP contribution in [-0.4, -0.2) is 22.2 Å². The number of imidazole rings is 1. The van der Waals surface area contributed by atoms with Crippen LogP contribution in [0.4, 0.5) is 4.79 Å². The van der Waals surface area contributed by atoms with Crippen LogP contribution in [0.25, 0.3) is 5.69 Å². The number of rotatable bonds is 6. The van der Waals surface area contributed by atoms with E-state index in [4.69, 9.17) is 9.72 Å². The Bertz CT molecular complexity index is 939. The van der Waals surface area contributed by atoms with Crippen molar-refractivity contribution in [2.45, 2.75) is 46.0 Å². The Labute approximate surface area is 172 Å². The van der Waals surface area contributed by atoms with Gasteiger partial charge in [-0.1, -0.05) is 58.0 Å². The molecule has 1 N–H and O–H groups in total. The van der Waals surface area contributed by atoms with Crippen molar-refractivity contribution in [2.24, 2.45) is 0 Å². The number of hydrogen-bond donors (Lipinski definition) is 1. The van der Waals surface area contributed by atoms with E-state index in [1.807, 2.05) is 18.2 Å². The first-order valence-corrected chi connectivity index (χ1v) is 10.1. The summed E-state index contributed by atoms with van der Waals surface area (Å²) >= 11 is 0. The number of aryl methyl sites for hydroxylation is 1. The third-order valence-corrected chi connectivity index (χ3v) is 4.71. The second kappa shape index (κ2) is 8.95. The summed E-state index contributed by atoms with van der Waals surface area (Å²) in [6.07, 6.45) is 3.32. The predicted octanol–water partition coefficient (Wildman–Crippen LogP) is 5.06. The summed E-state index contributed by atoms with van der Waals surface area (Å²) in [6, 6.07) is 17.4. The van der Waals surface area contributed by atoms with Crippen molar-refractivity contribution in [3.8, 4) is 11.4 Å². The van der Waals surface area contributed by atoms with Crippen LogP contribution in [0.5, 0.6) is 5.75 Å². The highest BCUT2D eigenvalue weighted by atomic mass is 16.5. The molecule has 0 saturated heterocycles. The molecule has 0 saturated carbocycles. The molecule has 0 unspecified atom stereocenters. The largest absolute Gasteiger partial charge is 0.412 e. The Morgan fingerprint density at radius 2 is 1.76 bits per heavy atom. The average Bonchev–Trinajstić information content (AvgIpc) is 3.14. The molecule has 3 rings (SSSR count). The lowest BCUT2D eigenvalue weighted by Crippen LogP contribution is -2.28. The van der Waals surface area contributed by atoms with Crippen molar-refractivity contribution in [1.29, 1.82) is 0 Å². The van der Waals surface area contributed by atoms with Gasteiger partial charge in [0.1, 0.15) is 11.6 Å².